The standard InChI is InChI=1S/C14H17N3O2S.ClH/c18-13-3-8-20-12-2-1-10(9-11(12)16-13)14(19)17-6-4-15-5-7-17;/h1-2,9,15H,3-8H2,(H,16,18);1H. The number of nitrogens with one attached hydrogen (secondary N) is 2. The molecule has 0 spiro atoms. The fourth-order valence-electron chi connectivity index (χ4n) is 2.40. The largest absolute Gasteiger partial charge is 0.336 e. The Morgan fingerprint density at radius 1 is 1.24 bits per heavy atom. The number of nitrogens with zero attached hydrogens (tertiary/aromatic N) is 1. The van der Waals surface area contributed by atoms with Gasteiger partial charge >= 0.3 is 0 Å². The Hall–Kier alpha value is -1.24. The number of benzene rings is 1. The first-order chi connectivity index (χ1) is 9.74. The number of hydrogen-bond acceptors (Lipinski definition) is 4. The lowest BCUT2D eigenvalue weighted by Crippen LogP contribution is -2.46. The average Bonchev–Trinajstić information content (AvgIpc) is 2.67. The van der Waals surface area contributed by atoms with Gasteiger partial charge in [-0.2, -0.15) is 0 Å². The monoisotopic (exact) mass is 327 g/mol. The fraction of sp³-hybridized carbons (Fsp3) is 0.429. The zero-order valence-electron chi connectivity index (χ0n) is 11.6. The average molecular weight is 328 g/mol. The van der Waals surface area contributed by atoms with Gasteiger partial charge in [0.1, 0.15) is 0 Å². The number of fused-ring (bicyclic) bond motifs is 1. The Bertz CT molecular complexity index is 547. The second kappa shape index (κ2) is 7.15. The molecule has 0 radical (unpaired) electrons. The van der Waals surface area contributed by atoms with Crippen molar-refractivity contribution in [2.45, 2.75) is 11.3 Å². The molecule has 2 aliphatic heterocycles. The Morgan fingerprint density at radius 3 is 2.76 bits per heavy atom. The topological polar surface area (TPSA) is 61.4 Å². The summed E-state index contributed by atoms with van der Waals surface area (Å²) in [6, 6.07) is 5.59. The van der Waals surface area contributed by atoms with Crippen LogP contribution >= 0.6 is 24.2 Å². The number of anilines is 1. The SMILES string of the molecule is Cl.O=C1CCSc2ccc(C(=O)N3CCNCC3)cc2N1. The van der Waals surface area contributed by atoms with Crippen molar-refractivity contribution < 1.29 is 9.59 Å². The van der Waals surface area contributed by atoms with Crippen molar-refractivity contribution in [2.24, 2.45) is 0 Å². The molecule has 2 heterocycles. The molecule has 5 nitrogen and oxygen atoms in total. The predicted molar refractivity (Wildman–Crippen MR) is 86.4 cm³/mol. The highest BCUT2D eigenvalue weighted by Crippen LogP contribution is 2.31. The van der Waals surface area contributed by atoms with E-state index in [1.165, 1.54) is 0 Å². The molecule has 1 fully saturated rings. The van der Waals surface area contributed by atoms with E-state index in [9.17, 15) is 9.59 Å². The van der Waals surface area contributed by atoms with E-state index in [1.807, 2.05) is 17.0 Å². The summed E-state index contributed by atoms with van der Waals surface area (Å²) in [5.74, 6) is 0.838. The van der Waals surface area contributed by atoms with Gasteiger partial charge in [-0.15, -0.1) is 24.2 Å². The van der Waals surface area contributed by atoms with Gasteiger partial charge in [-0.1, -0.05) is 0 Å². The van der Waals surface area contributed by atoms with E-state index in [1.54, 1.807) is 17.8 Å². The van der Waals surface area contributed by atoms with Crippen molar-refractivity contribution in [2.75, 3.05) is 37.2 Å². The van der Waals surface area contributed by atoms with Crippen LogP contribution in [-0.2, 0) is 4.79 Å². The third-order valence-electron chi connectivity index (χ3n) is 3.49. The second-order valence-corrected chi connectivity index (χ2v) is 6.04. The summed E-state index contributed by atoms with van der Waals surface area (Å²) in [5, 5.41) is 6.11. The van der Waals surface area contributed by atoms with Crippen LogP contribution in [0.5, 0.6) is 0 Å². The Labute approximate surface area is 134 Å². The van der Waals surface area contributed by atoms with Gasteiger partial charge in [0.15, 0.2) is 0 Å². The molecule has 0 aromatic heterocycles. The predicted octanol–water partition coefficient (Wildman–Crippen LogP) is 1.59. The minimum atomic E-state index is 0. The molecule has 0 atom stereocenters. The van der Waals surface area contributed by atoms with Crippen molar-refractivity contribution in [1.29, 1.82) is 0 Å². The molecule has 2 amide bonds. The highest BCUT2D eigenvalue weighted by Gasteiger charge is 2.20. The lowest BCUT2D eigenvalue weighted by atomic mass is 10.1. The van der Waals surface area contributed by atoms with E-state index in [4.69, 9.17) is 0 Å². The van der Waals surface area contributed by atoms with Crippen LogP contribution in [0.15, 0.2) is 23.1 Å². The highest BCUT2D eigenvalue weighted by molar-refractivity contribution is 7.99. The quantitative estimate of drug-likeness (QED) is 0.822. The van der Waals surface area contributed by atoms with E-state index in [0.29, 0.717) is 12.0 Å². The minimum absolute atomic E-state index is 0. The molecule has 21 heavy (non-hydrogen) atoms. The summed E-state index contributed by atoms with van der Waals surface area (Å²) in [5.41, 5.74) is 1.41. The molecule has 1 aromatic carbocycles. The Kier molecular flexibility index (Phi) is 5.50. The highest BCUT2D eigenvalue weighted by atomic mass is 35.5. The molecule has 3 rings (SSSR count). The van der Waals surface area contributed by atoms with Crippen LogP contribution in [0.1, 0.15) is 16.8 Å². The van der Waals surface area contributed by atoms with Crippen LogP contribution in [-0.4, -0.2) is 48.6 Å². The fourth-order valence-corrected chi connectivity index (χ4v) is 3.34. The first kappa shape index (κ1) is 16.1. The van der Waals surface area contributed by atoms with Crippen LogP contribution in [0.2, 0.25) is 0 Å². The maximum Gasteiger partial charge on any atom is 0.254 e. The maximum atomic E-state index is 12.4. The van der Waals surface area contributed by atoms with Gasteiger partial charge < -0.3 is 15.5 Å². The molecule has 7 heteroatoms. The first-order valence-electron chi connectivity index (χ1n) is 6.81. The number of halogens is 1. The molecule has 2 aliphatic rings. The summed E-state index contributed by atoms with van der Waals surface area (Å²) >= 11 is 1.65. The van der Waals surface area contributed by atoms with Crippen LogP contribution in [0, 0.1) is 0 Å². The number of carbonyl (C=O) groups is 2. The summed E-state index contributed by atoms with van der Waals surface area (Å²) in [6.45, 7) is 3.14. The molecular formula is C14H18ClN3O2S. The summed E-state index contributed by atoms with van der Waals surface area (Å²) in [7, 11) is 0. The minimum Gasteiger partial charge on any atom is -0.336 e. The van der Waals surface area contributed by atoms with Gasteiger partial charge in [0.25, 0.3) is 5.91 Å². The van der Waals surface area contributed by atoms with E-state index >= 15 is 0 Å². The molecule has 2 N–H and O–H groups in total. The van der Waals surface area contributed by atoms with Crippen molar-refractivity contribution in [3.05, 3.63) is 23.8 Å². The van der Waals surface area contributed by atoms with Crippen LogP contribution in [0.25, 0.3) is 0 Å². The number of thioether (sulfide) groups is 1. The third-order valence-corrected chi connectivity index (χ3v) is 4.57. The number of piperazine rings is 1. The lowest BCUT2D eigenvalue weighted by Gasteiger charge is -2.27. The van der Waals surface area contributed by atoms with Gasteiger partial charge in [-0.05, 0) is 18.2 Å². The van der Waals surface area contributed by atoms with Gasteiger partial charge in [0.05, 0.1) is 5.69 Å². The zero-order chi connectivity index (χ0) is 13.9. The van der Waals surface area contributed by atoms with Crippen molar-refractivity contribution in [1.82, 2.24) is 10.2 Å². The van der Waals surface area contributed by atoms with Gasteiger partial charge in [-0.25, -0.2) is 0 Å². The summed E-state index contributed by atoms with van der Waals surface area (Å²) in [4.78, 5) is 26.9. The maximum absolute atomic E-state index is 12.4. The van der Waals surface area contributed by atoms with Crippen molar-refractivity contribution in [3.63, 3.8) is 0 Å². The molecule has 0 saturated carbocycles. The van der Waals surface area contributed by atoms with E-state index < -0.39 is 0 Å². The van der Waals surface area contributed by atoms with Crippen molar-refractivity contribution >= 4 is 41.7 Å². The molecule has 0 aliphatic carbocycles. The Morgan fingerprint density at radius 2 is 2.00 bits per heavy atom. The first-order valence-corrected chi connectivity index (χ1v) is 7.79. The zero-order valence-corrected chi connectivity index (χ0v) is 13.2. The molecule has 0 bridgehead atoms. The van der Waals surface area contributed by atoms with Crippen molar-refractivity contribution in [3.8, 4) is 0 Å². The summed E-state index contributed by atoms with van der Waals surface area (Å²) in [6.07, 6.45) is 0.514. The number of rotatable bonds is 1. The Balaban J connectivity index is 0.00000161. The van der Waals surface area contributed by atoms with Crippen LogP contribution in [0.4, 0.5) is 5.69 Å². The number of amides is 2. The molecular weight excluding hydrogens is 310 g/mol. The second-order valence-electron chi connectivity index (χ2n) is 4.90. The van der Waals surface area contributed by atoms with Gasteiger partial charge in [0, 0.05) is 48.8 Å². The summed E-state index contributed by atoms with van der Waals surface area (Å²) < 4.78 is 0. The third kappa shape index (κ3) is 3.70. The van der Waals surface area contributed by atoms with Gasteiger partial charge in [-0.3, -0.25) is 9.59 Å². The molecule has 114 valence electrons. The number of carbonyl (C=O) groups excluding carboxylic acids is 2. The van der Waals surface area contributed by atoms with Gasteiger partial charge in [0.2, 0.25) is 5.91 Å². The van der Waals surface area contributed by atoms with E-state index in [0.717, 1.165) is 42.5 Å². The van der Waals surface area contributed by atoms with E-state index in [2.05, 4.69) is 10.6 Å². The normalized spacial score (nSPS) is 18.1. The molecule has 0 unspecified atom stereocenters. The number of hydrogen-bond donors (Lipinski definition) is 2. The lowest BCUT2D eigenvalue weighted by molar-refractivity contribution is -0.115. The van der Waals surface area contributed by atoms with E-state index in [-0.39, 0.29) is 24.2 Å². The van der Waals surface area contributed by atoms with Crippen LogP contribution < -0.4 is 10.6 Å². The molecule has 1 saturated heterocycles. The van der Waals surface area contributed by atoms with Crippen LogP contribution in [0.3, 0.4) is 0 Å². The smallest absolute Gasteiger partial charge is 0.254 e. The molecule has 1 aromatic rings.